The summed E-state index contributed by atoms with van der Waals surface area (Å²) >= 11 is 0. The monoisotopic (exact) mass is 270 g/mol. The number of carbonyl (C=O) groups is 1. The number of rotatable bonds is 2. The van der Waals surface area contributed by atoms with Gasteiger partial charge in [-0.3, -0.25) is 4.79 Å². The van der Waals surface area contributed by atoms with Gasteiger partial charge in [-0.1, -0.05) is 0 Å². The van der Waals surface area contributed by atoms with Gasteiger partial charge in [-0.2, -0.15) is 0 Å². The molecule has 0 aromatic heterocycles. The molecule has 1 atom stereocenters. The van der Waals surface area contributed by atoms with E-state index in [1.807, 2.05) is 0 Å². The Balaban J connectivity index is 2.30. The fraction of sp³-hybridized carbons (Fsp3) is 0.462. The molecule has 1 aromatic rings. The van der Waals surface area contributed by atoms with Gasteiger partial charge in [0.25, 0.3) is 5.91 Å². The van der Waals surface area contributed by atoms with Crippen molar-refractivity contribution in [2.45, 2.75) is 25.3 Å². The summed E-state index contributed by atoms with van der Waals surface area (Å²) in [5.41, 5.74) is 4.85. The fourth-order valence-corrected chi connectivity index (χ4v) is 2.34. The summed E-state index contributed by atoms with van der Waals surface area (Å²) in [5, 5.41) is 9.25. The Kier molecular flexibility index (Phi) is 3.99. The smallest absolute Gasteiger partial charge is 0.257 e. The van der Waals surface area contributed by atoms with Gasteiger partial charge in [0.1, 0.15) is 11.6 Å². The molecule has 1 amide bonds. The van der Waals surface area contributed by atoms with Crippen molar-refractivity contribution in [3.05, 3.63) is 29.3 Å². The number of likely N-dealkylation sites (tertiary alicyclic amines) is 1. The molecule has 104 valence electrons. The highest BCUT2D eigenvalue weighted by Crippen LogP contribution is 2.23. The van der Waals surface area contributed by atoms with E-state index in [2.05, 4.69) is 0 Å². The minimum atomic E-state index is -0.932. The maximum Gasteiger partial charge on any atom is 0.257 e. The van der Waals surface area contributed by atoms with Crippen LogP contribution in [0.25, 0.3) is 0 Å². The molecule has 1 aliphatic heterocycles. The number of aliphatic hydroxyl groups excluding tert-OH is 1. The molecule has 1 fully saturated rings. The Labute approximate surface area is 109 Å². The Hall–Kier alpha value is -1.69. The molecule has 1 heterocycles. The number of carbonyl (C=O) groups excluding carboxylic acids is 1. The Bertz CT molecular complexity index is 494. The molecule has 19 heavy (non-hydrogen) atoms. The van der Waals surface area contributed by atoms with E-state index in [0.717, 1.165) is 18.9 Å². The van der Waals surface area contributed by atoms with Gasteiger partial charge in [-0.25, -0.2) is 8.78 Å². The van der Waals surface area contributed by atoms with E-state index in [0.29, 0.717) is 19.0 Å². The second kappa shape index (κ2) is 5.52. The third kappa shape index (κ3) is 2.68. The molecule has 0 bridgehead atoms. The first-order valence-electron chi connectivity index (χ1n) is 6.21. The first-order chi connectivity index (χ1) is 9.04. The molecule has 1 unspecified atom stereocenters. The van der Waals surface area contributed by atoms with Crippen molar-refractivity contribution in [2.75, 3.05) is 18.9 Å². The lowest BCUT2D eigenvalue weighted by Crippen LogP contribution is -2.45. The van der Waals surface area contributed by atoms with Gasteiger partial charge in [0.15, 0.2) is 0 Å². The van der Waals surface area contributed by atoms with Crippen LogP contribution >= 0.6 is 0 Å². The van der Waals surface area contributed by atoms with Crippen LogP contribution in [-0.4, -0.2) is 35.1 Å². The maximum absolute atomic E-state index is 13.7. The highest BCUT2D eigenvalue weighted by atomic mass is 19.1. The lowest BCUT2D eigenvalue weighted by Gasteiger charge is -2.34. The largest absolute Gasteiger partial charge is 0.396 e. The Morgan fingerprint density at radius 2 is 2.11 bits per heavy atom. The SMILES string of the molecule is Nc1cc(C(=O)N2CCCCC2CO)c(F)cc1F. The third-order valence-electron chi connectivity index (χ3n) is 3.42. The number of anilines is 1. The van der Waals surface area contributed by atoms with Crippen LogP contribution in [0.4, 0.5) is 14.5 Å². The summed E-state index contributed by atoms with van der Waals surface area (Å²) in [4.78, 5) is 13.7. The van der Waals surface area contributed by atoms with Crippen LogP contribution in [0.15, 0.2) is 12.1 Å². The summed E-state index contributed by atoms with van der Waals surface area (Å²) in [7, 11) is 0. The lowest BCUT2D eigenvalue weighted by molar-refractivity contribution is 0.0498. The Morgan fingerprint density at radius 3 is 2.79 bits per heavy atom. The molecule has 1 aliphatic rings. The van der Waals surface area contributed by atoms with E-state index in [-0.39, 0.29) is 23.9 Å². The minimum Gasteiger partial charge on any atom is -0.396 e. The zero-order valence-electron chi connectivity index (χ0n) is 10.4. The minimum absolute atomic E-state index is 0.163. The third-order valence-corrected chi connectivity index (χ3v) is 3.42. The molecule has 0 radical (unpaired) electrons. The molecule has 2 rings (SSSR count). The van der Waals surface area contributed by atoms with E-state index >= 15 is 0 Å². The van der Waals surface area contributed by atoms with E-state index in [1.54, 1.807) is 0 Å². The first kappa shape index (κ1) is 13.7. The fourth-order valence-electron chi connectivity index (χ4n) is 2.34. The van der Waals surface area contributed by atoms with E-state index in [9.17, 15) is 18.7 Å². The predicted molar refractivity (Wildman–Crippen MR) is 66.5 cm³/mol. The number of hydrogen-bond acceptors (Lipinski definition) is 3. The van der Waals surface area contributed by atoms with Crippen LogP contribution in [-0.2, 0) is 0 Å². The van der Waals surface area contributed by atoms with Gasteiger partial charge in [-0.05, 0) is 25.3 Å². The molecule has 1 saturated heterocycles. The standard InChI is InChI=1S/C13H16F2N2O2/c14-10-6-11(15)12(16)5-9(10)13(19)17-4-2-1-3-8(17)7-18/h5-6,8,18H,1-4,7,16H2. The van der Waals surface area contributed by atoms with Crippen LogP contribution in [0.5, 0.6) is 0 Å². The van der Waals surface area contributed by atoms with Crippen molar-refractivity contribution < 1.29 is 18.7 Å². The molecular formula is C13H16F2N2O2. The predicted octanol–water partition coefficient (Wildman–Crippen LogP) is 1.53. The second-order valence-electron chi connectivity index (χ2n) is 4.68. The van der Waals surface area contributed by atoms with E-state index in [1.165, 1.54) is 4.90 Å². The first-order valence-corrected chi connectivity index (χ1v) is 6.21. The quantitative estimate of drug-likeness (QED) is 0.801. The summed E-state index contributed by atoms with van der Waals surface area (Å²) < 4.78 is 26.7. The lowest BCUT2D eigenvalue weighted by atomic mass is 10.0. The van der Waals surface area contributed by atoms with Crippen LogP contribution in [0.1, 0.15) is 29.6 Å². The summed E-state index contributed by atoms with van der Waals surface area (Å²) in [6, 6.07) is 1.31. The molecule has 0 aliphatic carbocycles. The summed E-state index contributed by atoms with van der Waals surface area (Å²) in [6.07, 6.45) is 2.41. The average Bonchev–Trinajstić information content (AvgIpc) is 2.42. The summed E-state index contributed by atoms with van der Waals surface area (Å²) in [5.74, 6) is -2.37. The van der Waals surface area contributed by atoms with Crippen molar-refractivity contribution in [3.8, 4) is 0 Å². The second-order valence-corrected chi connectivity index (χ2v) is 4.68. The normalized spacial score (nSPS) is 19.5. The number of aliphatic hydroxyl groups is 1. The van der Waals surface area contributed by atoms with Crippen molar-refractivity contribution in [1.29, 1.82) is 0 Å². The highest BCUT2D eigenvalue weighted by molar-refractivity contribution is 5.95. The number of nitrogens with two attached hydrogens (primary N) is 1. The van der Waals surface area contributed by atoms with Crippen molar-refractivity contribution in [3.63, 3.8) is 0 Å². The highest BCUT2D eigenvalue weighted by Gasteiger charge is 2.28. The van der Waals surface area contributed by atoms with Crippen LogP contribution < -0.4 is 5.73 Å². The number of benzene rings is 1. The number of hydrogen-bond donors (Lipinski definition) is 2. The molecule has 0 spiro atoms. The van der Waals surface area contributed by atoms with Crippen molar-refractivity contribution in [1.82, 2.24) is 4.90 Å². The summed E-state index contributed by atoms with van der Waals surface area (Å²) in [6.45, 7) is 0.296. The van der Waals surface area contributed by atoms with Crippen molar-refractivity contribution in [2.24, 2.45) is 0 Å². The maximum atomic E-state index is 13.7. The van der Waals surface area contributed by atoms with Crippen molar-refractivity contribution >= 4 is 11.6 Å². The van der Waals surface area contributed by atoms with E-state index < -0.39 is 17.5 Å². The number of piperidine rings is 1. The van der Waals surface area contributed by atoms with Crippen LogP contribution in [0.3, 0.4) is 0 Å². The van der Waals surface area contributed by atoms with Gasteiger partial charge in [0, 0.05) is 12.6 Å². The van der Waals surface area contributed by atoms with Gasteiger partial charge >= 0.3 is 0 Å². The van der Waals surface area contributed by atoms with Gasteiger partial charge in [0.05, 0.1) is 23.9 Å². The molecular weight excluding hydrogens is 254 g/mol. The zero-order chi connectivity index (χ0) is 14.0. The van der Waals surface area contributed by atoms with E-state index in [4.69, 9.17) is 5.73 Å². The Morgan fingerprint density at radius 1 is 1.37 bits per heavy atom. The molecule has 0 saturated carbocycles. The molecule has 3 N–H and O–H groups in total. The topological polar surface area (TPSA) is 66.6 Å². The average molecular weight is 270 g/mol. The number of nitrogen functional groups attached to an aromatic ring is 1. The molecule has 1 aromatic carbocycles. The van der Waals surface area contributed by atoms with Gasteiger partial charge in [-0.15, -0.1) is 0 Å². The number of nitrogens with zero attached hydrogens (tertiary/aromatic N) is 1. The van der Waals surface area contributed by atoms with Gasteiger partial charge in [0.2, 0.25) is 0 Å². The molecule has 6 heteroatoms. The number of amides is 1. The van der Waals surface area contributed by atoms with Gasteiger partial charge < -0.3 is 15.7 Å². The van der Waals surface area contributed by atoms with Crippen LogP contribution in [0, 0.1) is 11.6 Å². The number of halogens is 2. The van der Waals surface area contributed by atoms with Crippen LogP contribution in [0.2, 0.25) is 0 Å². The molecule has 4 nitrogen and oxygen atoms in total. The zero-order valence-corrected chi connectivity index (χ0v) is 10.4.